The minimum atomic E-state index is -3.95. The van der Waals surface area contributed by atoms with Crippen LogP contribution >= 0.6 is 0 Å². The molecule has 0 aliphatic carbocycles. The molecule has 0 atom stereocenters. The van der Waals surface area contributed by atoms with Crippen LogP contribution in [-0.4, -0.2) is 50.6 Å². The van der Waals surface area contributed by atoms with E-state index in [0.717, 1.165) is 0 Å². The zero-order valence-electron chi connectivity index (χ0n) is 10.6. The molecule has 6 nitrogen and oxygen atoms in total. The van der Waals surface area contributed by atoms with Crippen LogP contribution in [0.4, 0.5) is 0 Å². The molecule has 0 saturated carbocycles. The first-order valence-corrected chi connectivity index (χ1v) is 7.66. The summed E-state index contributed by atoms with van der Waals surface area (Å²) in [5, 5.41) is 10.1. The highest BCUT2D eigenvalue weighted by Crippen LogP contribution is 2.38. The molecule has 0 spiro atoms. The molecule has 0 radical (unpaired) electrons. The van der Waals surface area contributed by atoms with Crippen molar-refractivity contribution in [3.63, 3.8) is 0 Å². The van der Waals surface area contributed by atoms with E-state index in [2.05, 4.69) is 0 Å². The maximum absolute atomic E-state index is 12.4. The molecule has 1 aromatic rings. The molecule has 0 aromatic heterocycles. The molecule has 2 aliphatic heterocycles. The lowest BCUT2D eigenvalue weighted by Gasteiger charge is -2.26. The molecule has 1 N–H and O–H groups in total. The Morgan fingerprint density at radius 2 is 1.85 bits per heavy atom. The van der Waals surface area contributed by atoms with Gasteiger partial charge in [-0.3, -0.25) is 4.79 Å². The van der Waals surface area contributed by atoms with Crippen molar-refractivity contribution in [3.05, 3.63) is 34.7 Å². The van der Waals surface area contributed by atoms with E-state index >= 15 is 0 Å². The van der Waals surface area contributed by atoms with Crippen LogP contribution in [-0.2, 0) is 19.4 Å². The molecule has 1 amide bonds. The van der Waals surface area contributed by atoms with Crippen LogP contribution in [0.25, 0.3) is 5.76 Å². The maximum atomic E-state index is 12.4. The predicted molar refractivity (Wildman–Crippen MR) is 70.6 cm³/mol. The Balaban J connectivity index is 2.06. The minimum Gasteiger partial charge on any atom is -0.506 e. The third kappa shape index (κ3) is 1.82. The number of ether oxygens (including phenoxy) is 1. The molecular formula is C13H13NO5S. The number of aliphatic hydroxyl groups is 1. The van der Waals surface area contributed by atoms with E-state index in [1.165, 1.54) is 17.0 Å². The van der Waals surface area contributed by atoms with Crippen molar-refractivity contribution in [1.82, 2.24) is 4.90 Å². The normalized spacial score (nSPS) is 20.9. The Labute approximate surface area is 116 Å². The number of amides is 1. The van der Waals surface area contributed by atoms with Crippen molar-refractivity contribution in [2.24, 2.45) is 0 Å². The van der Waals surface area contributed by atoms with Gasteiger partial charge in [-0.25, -0.2) is 8.42 Å². The lowest BCUT2D eigenvalue weighted by molar-refractivity contribution is -0.130. The van der Waals surface area contributed by atoms with Gasteiger partial charge in [-0.2, -0.15) is 0 Å². The number of morpholine rings is 1. The standard InChI is InChI=1S/C13H13NO5S/c15-11-9-3-1-2-4-10(9)20(17,18)12(11)13(16)14-5-7-19-8-6-14/h1-4,15H,5-8H2. The van der Waals surface area contributed by atoms with Gasteiger partial charge in [0.15, 0.2) is 4.91 Å². The fourth-order valence-electron chi connectivity index (χ4n) is 2.38. The molecule has 0 unspecified atom stereocenters. The molecule has 2 aliphatic rings. The van der Waals surface area contributed by atoms with Crippen LogP contribution in [0, 0.1) is 0 Å². The Morgan fingerprint density at radius 1 is 1.20 bits per heavy atom. The van der Waals surface area contributed by atoms with Gasteiger partial charge in [0.05, 0.1) is 18.1 Å². The highest BCUT2D eigenvalue weighted by atomic mass is 32.2. The van der Waals surface area contributed by atoms with E-state index in [-0.39, 0.29) is 10.5 Å². The van der Waals surface area contributed by atoms with Crippen LogP contribution in [0.5, 0.6) is 0 Å². The van der Waals surface area contributed by atoms with E-state index in [9.17, 15) is 18.3 Å². The second-order valence-corrected chi connectivity index (χ2v) is 6.44. The first-order valence-electron chi connectivity index (χ1n) is 6.18. The number of aliphatic hydroxyl groups excluding tert-OH is 1. The van der Waals surface area contributed by atoms with Crippen molar-refractivity contribution in [2.75, 3.05) is 26.3 Å². The molecule has 106 valence electrons. The molecule has 20 heavy (non-hydrogen) atoms. The summed E-state index contributed by atoms with van der Waals surface area (Å²) in [6.07, 6.45) is 0. The van der Waals surface area contributed by atoms with Gasteiger partial charge in [0.25, 0.3) is 5.91 Å². The lowest BCUT2D eigenvalue weighted by Crippen LogP contribution is -2.42. The summed E-state index contributed by atoms with van der Waals surface area (Å²) < 4.78 is 29.9. The zero-order valence-corrected chi connectivity index (χ0v) is 11.4. The molecular weight excluding hydrogens is 282 g/mol. The fourth-order valence-corrected chi connectivity index (χ4v) is 4.04. The molecule has 0 bridgehead atoms. The van der Waals surface area contributed by atoms with Gasteiger partial charge in [-0.05, 0) is 12.1 Å². The smallest absolute Gasteiger partial charge is 0.269 e. The fraction of sp³-hybridized carbons (Fsp3) is 0.308. The SMILES string of the molecule is O=C(C1=C(O)c2ccccc2S1(=O)=O)N1CCOCC1. The van der Waals surface area contributed by atoms with Gasteiger partial charge < -0.3 is 14.7 Å². The number of hydrogen-bond donors (Lipinski definition) is 1. The van der Waals surface area contributed by atoms with Crippen LogP contribution in [0.15, 0.2) is 34.1 Å². The van der Waals surface area contributed by atoms with Crippen LogP contribution in [0.3, 0.4) is 0 Å². The monoisotopic (exact) mass is 295 g/mol. The zero-order chi connectivity index (χ0) is 14.3. The first-order chi connectivity index (χ1) is 9.53. The first kappa shape index (κ1) is 13.1. The molecule has 2 heterocycles. The highest BCUT2D eigenvalue weighted by molar-refractivity contribution is 7.96. The average Bonchev–Trinajstić information content (AvgIpc) is 2.67. The van der Waals surface area contributed by atoms with Crippen molar-refractivity contribution in [1.29, 1.82) is 0 Å². The van der Waals surface area contributed by atoms with Gasteiger partial charge >= 0.3 is 0 Å². The maximum Gasteiger partial charge on any atom is 0.269 e. The van der Waals surface area contributed by atoms with E-state index in [1.54, 1.807) is 12.1 Å². The summed E-state index contributed by atoms with van der Waals surface area (Å²) in [6.45, 7) is 1.38. The molecule has 3 rings (SSSR count). The summed E-state index contributed by atoms with van der Waals surface area (Å²) in [4.78, 5) is 13.2. The van der Waals surface area contributed by atoms with Gasteiger partial charge in [-0.15, -0.1) is 0 Å². The third-order valence-corrected chi connectivity index (χ3v) is 5.25. The van der Waals surface area contributed by atoms with Gasteiger partial charge in [0, 0.05) is 18.7 Å². The highest BCUT2D eigenvalue weighted by Gasteiger charge is 2.41. The topological polar surface area (TPSA) is 83.9 Å². The van der Waals surface area contributed by atoms with Crippen LogP contribution in [0.1, 0.15) is 5.56 Å². The Hall–Kier alpha value is -1.86. The minimum absolute atomic E-state index is 0.0193. The summed E-state index contributed by atoms with van der Waals surface area (Å²) in [6, 6.07) is 6.06. The second-order valence-electron chi connectivity index (χ2n) is 4.58. The van der Waals surface area contributed by atoms with Crippen LogP contribution < -0.4 is 0 Å². The summed E-state index contributed by atoms with van der Waals surface area (Å²) in [5.74, 6) is -1.13. The van der Waals surface area contributed by atoms with E-state index in [1.807, 2.05) is 0 Å². The summed E-state index contributed by atoms with van der Waals surface area (Å²) in [5.41, 5.74) is 0.184. The number of carbonyl (C=O) groups excluding carboxylic acids is 1. The number of sulfone groups is 1. The number of rotatable bonds is 1. The van der Waals surface area contributed by atoms with Crippen LogP contribution in [0.2, 0.25) is 0 Å². The number of hydrogen-bond acceptors (Lipinski definition) is 5. The van der Waals surface area contributed by atoms with Gasteiger partial charge in [0.1, 0.15) is 5.76 Å². The van der Waals surface area contributed by atoms with Crippen molar-refractivity contribution >= 4 is 21.5 Å². The van der Waals surface area contributed by atoms with Crippen molar-refractivity contribution in [2.45, 2.75) is 4.90 Å². The van der Waals surface area contributed by atoms with E-state index in [4.69, 9.17) is 4.74 Å². The molecule has 1 saturated heterocycles. The molecule has 7 heteroatoms. The Kier molecular flexibility index (Phi) is 3.02. The number of nitrogens with zero attached hydrogens (tertiary/aromatic N) is 1. The van der Waals surface area contributed by atoms with Gasteiger partial charge in [-0.1, -0.05) is 12.1 Å². The summed E-state index contributed by atoms with van der Waals surface area (Å²) in [7, 11) is -3.95. The Morgan fingerprint density at radius 3 is 2.50 bits per heavy atom. The third-order valence-electron chi connectivity index (χ3n) is 3.41. The van der Waals surface area contributed by atoms with Crippen molar-refractivity contribution in [3.8, 4) is 0 Å². The Bertz CT molecular complexity index is 701. The van der Waals surface area contributed by atoms with Gasteiger partial charge in [0.2, 0.25) is 9.84 Å². The quantitative estimate of drug-likeness (QED) is 0.818. The lowest BCUT2D eigenvalue weighted by atomic mass is 10.2. The largest absolute Gasteiger partial charge is 0.506 e. The number of carbonyl (C=O) groups is 1. The van der Waals surface area contributed by atoms with Crippen molar-refractivity contribution < 1.29 is 23.1 Å². The predicted octanol–water partition coefficient (Wildman–Crippen LogP) is 0.559. The number of benzene rings is 1. The average molecular weight is 295 g/mol. The second kappa shape index (κ2) is 4.60. The molecule has 1 aromatic carbocycles. The van der Waals surface area contributed by atoms with E-state index < -0.39 is 26.4 Å². The van der Waals surface area contributed by atoms with E-state index in [0.29, 0.717) is 26.3 Å². The molecule has 1 fully saturated rings. The number of fused-ring (bicyclic) bond motifs is 1. The summed E-state index contributed by atoms with van der Waals surface area (Å²) >= 11 is 0.